The molecule has 1 saturated heterocycles. The standard InChI is InChI=1S/C28H28N6OS/c1-30-18-24(20-10-12-31-13-11-20)27(29)21-6-8-22(9-7-21)35-19-26-32-25-5-3-2-4-23(25)28(33-26)34-14-16-36-17-15-34/h2-13,18,29-30H,14-17,19H2,1H3/b24-18-,29-27?. The highest BCUT2D eigenvalue weighted by Gasteiger charge is 2.17. The van der Waals surface area contributed by atoms with Gasteiger partial charge in [0.25, 0.3) is 0 Å². The molecular formula is C28H28N6OS. The first kappa shape index (κ1) is 23.8. The molecule has 5 rings (SSSR count). The normalized spacial score (nSPS) is 14.0. The van der Waals surface area contributed by atoms with Gasteiger partial charge in [-0.05, 0) is 54.1 Å². The van der Waals surface area contributed by atoms with Gasteiger partial charge in [0, 0.05) is 66.8 Å². The lowest BCUT2D eigenvalue weighted by atomic mass is 9.97. The second-order valence-electron chi connectivity index (χ2n) is 8.35. The van der Waals surface area contributed by atoms with Gasteiger partial charge in [0.05, 0.1) is 11.2 Å². The summed E-state index contributed by atoms with van der Waals surface area (Å²) in [6.45, 7) is 2.25. The van der Waals surface area contributed by atoms with Gasteiger partial charge < -0.3 is 15.0 Å². The number of hydrogen-bond donors (Lipinski definition) is 2. The number of hydrogen-bond acceptors (Lipinski definition) is 8. The highest BCUT2D eigenvalue weighted by Crippen LogP contribution is 2.27. The van der Waals surface area contributed by atoms with Crippen LogP contribution in [0.4, 0.5) is 5.82 Å². The number of thioether (sulfide) groups is 1. The molecule has 4 aromatic rings. The lowest BCUT2D eigenvalue weighted by molar-refractivity contribution is 0.296. The van der Waals surface area contributed by atoms with Crippen molar-refractivity contribution in [1.82, 2.24) is 20.3 Å². The quantitative estimate of drug-likeness (QED) is 0.339. The van der Waals surface area contributed by atoms with Crippen molar-refractivity contribution in [3.05, 3.63) is 96.2 Å². The number of rotatable bonds is 8. The molecule has 0 saturated carbocycles. The SMILES string of the molecule is CN/C=C(\C(=N)c1ccc(OCc2nc(N3CCSCC3)c3ccccc3n2)cc1)c1ccncc1. The number of pyridine rings is 1. The third-order valence-electron chi connectivity index (χ3n) is 6.00. The van der Waals surface area contributed by atoms with Crippen LogP contribution in [0.2, 0.25) is 0 Å². The van der Waals surface area contributed by atoms with Crippen LogP contribution in [-0.4, -0.2) is 52.3 Å². The van der Waals surface area contributed by atoms with E-state index in [0.717, 1.165) is 58.0 Å². The predicted octanol–water partition coefficient (Wildman–Crippen LogP) is 4.79. The highest BCUT2D eigenvalue weighted by molar-refractivity contribution is 7.99. The maximum atomic E-state index is 8.74. The molecule has 3 heterocycles. The third kappa shape index (κ3) is 5.33. The van der Waals surface area contributed by atoms with E-state index in [-0.39, 0.29) is 6.61 Å². The van der Waals surface area contributed by atoms with Gasteiger partial charge in [-0.2, -0.15) is 11.8 Å². The molecule has 1 fully saturated rings. The van der Waals surface area contributed by atoms with E-state index < -0.39 is 0 Å². The van der Waals surface area contributed by atoms with Crippen LogP contribution >= 0.6 is 11.8 Å². The molecule has 36 heavy (non-hydrogen) atoms. The molecular weight excluding hydrogens is 468 g/mol. The van der Waals surface area contributed by atoms with Crippen molar-refractivity contribution in [2.24, 2.45) is 0 Å². The van der Waals surface area contributed by atoms with Gasteiger partial charge >= 0.3 is 0 Å². The van der Waals surface area contributed by atoms with Crippen molar-refractivity contribution in [2.45, 2.75) is 6.61 Å². The second-order valence-corrected chi connectivity index (χ2v) is 9.58. The summed E-state index contributed by atoms with van der Waals surface area (Å²) in [6.07, 6.45) is 5.29. The summed E-state index contributed by atoms with van der Waals surface area (Å²) in [6, 6.07) is 19.5. The number of benzene rings is 2. The average molecular weight is 497 g/mol. The number of para-hydroxylation sites is 1. The largest absolute Gasteiger partial charge is 0.486 e. The van der Waals surface area contributed by atoms with E-state index in [4.69, 9.17) is 20.1 Å². The number of nitrogens with zero attached hydrogens (tertiary/aromatic N) is 4. The molecule has 1 aliphatic heterocycles. The molecule has 0 radical (unpaired) electrons. The molecule has 7 nitrogen and oxygen atoms in total. The van der Waals surface area contributed by atoms with E-state index >= 15 is 0 Å². The molecule has 8 heteroatoms. The fourth-order valence-electron chi connectivity index (χ4n) is 4.18. The number of anilines is 1. The molecule has 2 aromatic carbocycles. The monoisotopic (exact) mass is 496 g/mol. The number of fused-ring (bicyclic) bond motifs is 1. The first-order chi connectivity index (χ1) is 17.7. The molecule has 0 bridgehead atoms. The summed E-state index contributed by atoms with van der Waals surface area (Å²) >= 11 is 1.98. The summed E-state index contributed by atoms with van der Waals surface area (Å²) < 4.78 is 6.06. The lowest BCUT2D eigenvalue weighted by Crippen LogP contribution is -2.33. The Morgan fingerprint density at radius 1 is 1.00 bits per heavy atom. The first-order valence-electron chi connectivity index (χ1n) is 11.9. The van der Waals surface area contributed by atoms with Crippen molar-refractivity contribution in [3.8, 4) is 5.75 Å². The Hall–Kier alpha value is -3.91. The fourth-order valence-corrected chi connectivity index (χ4v) is 5.09. The van der Waals surface area contributed by atoms with E-state index in [0.29, 0.717) is 17.3 Å². The maximum Gasteiger partial charge on any atom is 0.168 e. The zero-order valence-corrected chi connectivity index (χ0v) is 21.0. The van der Waals surface area contributed by atoms with Crippen LogP contribution in [0.15, 0.2) is 79.3 Å². The van der Waals surface area contributed by atoms with Crippen LogP contribution in [0.1, 0.15) is 17.0 Å². The summed E-state index contributed by atoms with van der Waals surface area (Å²) in [4.78, 5) is 16.1. The summed E-state index contributed by atoms with van der Waals surface area (Å²) in [5, 5.41) is 12.9. The second kappa shape index (κ2) is 11.2. The Kier molecular flexibility index (Phi) is 7.42. The zero-order chi connectivity index (χ0) is 24.7. The molecule has 0 amide bonds. The smallest absolute Gasteiger partial charge is 0.168 e. The molecule has 182 valence electrons. The molecule has 2 aromatic heterocycles. The van der Waals surface area contributed by atoms with Crippen LogP contribution in [0.3, 0.4) is 0 Å². The Morgan fingerprint density at radius 3 is 2.50 bits per heavy atom. The lowest BCUT2D eigenvalue weighted by Gasteiger charge is -2.28. The van der Waals surface area contributed by atoms with Crippen molar-refractivity contribution < 1.29 is 4.74 Å². The van der Waals surface area contributed by atoms with E-state index in [1.807, 2.05) is 79.6 Å². The van der Waals surface area contributed by atoms with E-state index in [1.165, 1.54) is 0 Å². The maximum absolute atomic E-state index is 8.74. The van der Waals surface area contributed by atoms with Crippen molar-refractivity contribution >= 4 is 39.8 Å². The minimum absolute atomic E-state index is 0.277. The first-order valence-corrected chi connectivity index (χ1v) is 13.1. The van der Waals surface area contributed by atoms with Gasteiger partial charge in [0.2, 0.25) is 0 Å². The van der Waals surface area contributed by atoms with Gasteiger partial charge in [0.15, 0.2) is 5.82 Å². The molecule has 0 atom stereocenters. The van der Waals surface area contributed by atoms with Gasteiger partial charge in [-0.25, -0.2) is 9.97 Å². The van der Waals surface area contributed by atoms with E-state index in [2.05, 4.69) is 21.3 Å². The number of aromatic nitrogens is 3. The van der Waals surface area contributed by atoms with Crippen LogP contribution in [0.25, 0.3) is 16.5 Å². The highest BCUT2D eigenvalue weighted by atomic mass is 32.2. The Morgan fingerprint density at radius 2 is 1.75 bits per heavy atom. The Labute approximate surface area is 215 Å². The van der Waals surface area contributed by atoms with Gasteiger partial charge in [-0.1, -0.05) is 12.1 Å². The molecule has 1 aliphatic rings. The topological polar surface area (TPSA) is 87.0 Å². The molecule has 0 unspecified atom stereocenters. The van der Waals surface area contributed by atoms with Crippen molar-refractivity contribution in [3.63, 3.8) is 0 Å². The van der Waals surface area contributed by atoms with Crippen LogP contribution in [0.5, 0.6) is 5.75 Å². The molecule has 0 spiro atoms. The predicted molar refractivity (Wildman–Crippen MR) is 148 cm³/mol. The van der Waals surface area contributed by atoms with E-state index in [1.54, 1.807) is 12.4 Å². The summed E-state index contributed by atoms with van der Waals surface area (Å²) in [5.74, 6) is 4.58. The van der Waals surface area contributed by atoms with Crippen LogP contribution in [0, 0.1) is 5.41 Å². The van der Waals surface area contributed by atoms with Gasteiger partial charge in [-0.3, -0.25) is 10.4 Å². The van der Waals surface area contributed by atoms with Crippen LogP contribution < -0.4 is 15.0 Å². The van der Waals surface area contributed by atoms with Crippen molar-refractivity contribution in [2.75, 3.05) is 36.5 Å². The number of nitrogens with one attached hydrogen (secondary N) is 2. The van der Waals surface area contributed by atoms with Crippen molar-refractivity contribution in [1.29, 1.82) is 5.41 Å². The Balaban J connectivity index is 1.32. The van der Waals surface area contributed by atoms with Crippen LogP contribution in [-0.2, 0) is 6.61 Å². The third-order valence-corrected chi connectivity index (χ3v) is 6.94. The molecule has 2 N–H and O–H groups in total. The average Bonchev–Trinajstić information content (AvgIpc) is 2.95. The van der Waals surface area contributed by atoms with E-state index in [9.17, 15) is 0 Å². The molecule has 0 aliphatic carbocycles. The minimum atomic E-state index is 0.277. The fraction of sp³-hybridized carbons (Fsp3) is 0.214. The summed E-state index contributed by atoms with van der Waals surface area (Å²) in [5.41, 5.74) is 3.88. The zero-order valence-electron chi connectivity index (χ0n) is 20.1. The minimum Gasteiger partial charge on any atom is -0.486 e. The van der Waals surface area contributed by atoms with Gasteiger partial charge in [-0.15, -0.1) is 0 Å². The Bertz CT molecular complexity index is 1370. The van der Waals surface area contributed by atoms with Gasteiger partial charge in [0.1, 0.15) is 18.2 Å². The summed E-state index contributed by atoms with van der Waals surface area (Å²) in [7, 11) is 1.83. The number of ether oxygens (including phenoxy) is 1. The number of allylic oxidation sites excluding steroid dienone is 1.